The van der Waals surface area contributed by atoms with E-state index in [1.165, 1.54) is 0 Å². The van der Waals surface area contributed by atoms with E-state index < -0.39 is 0 Å². The summed E-state index contributed by atoms with van der Waals surface area (Å²) in [5.41, 5.74) is 0.654. The lowest BCUT2D eigenvalue weighted by Crippen LogP contribution is -2.28. The second-order valence-corrected chi connectivity index (χ2v) is 3.85. The van der Waals surface area contributed by atoms with Crippen molar-refractivity contribution in [2.45, 2.75) is 6.92 Å². The fraction of sp³-hybridized carbons (Fsp3) is 0.400. The average molecular weight is 257 g/mol. The topological polar surface area (TPSA) is 42.0 Å². The van der Waals surface area contributed by atoms with Gasteiger partial charge >= 0.3 is 0 Å². The summed E-state index contributed by atoms with van der Waals surface area (Å²) in [6.45, 7) is 2.76. The Kier molecular flexibility index (Phi) is 4.59. The van der Waals surface area contributed by atoms with Crippen molar-refractivity contribution >= 4 is 21.8 Å². The first-order chi connectivity index (χ1) is 6.74. The summed E-state index contributed by atoms with van der Waals surface area (Å²) in [7, 11) is 0. The number of nitrogens with one attached hydrogen (secondary N) is 1. The monoisotopic (exact) mass is 256 g/mol. The molecule has 3 nitrogen and oxygen atoms in total. The van der Waals surface area contributed by atoms with Crippen LogP contribution >= 0.6 is 15.9 Å². The highest BCUT2D eigenvalue weighted by Crippen LogP contribution is 1.99. The second-order valence-electron chi connectivity index (χ2n) is 3.21. The molecule has 1 atom stereocenters. The van der Waals surface area contributed by atoms with Crippen LogP contribution in [-0.2, 0) is 0 Å². The van der Waals surface area contributed by atoms with E-state index >= 15 is 0 Å². The third kappa shape index (κ3) is 3.46. The van der Waals surface area contributed by atoms with Crippen LogP contribution in [0.1, 0.15) is 17.3 Å². The fourth-order valence-corrected chi connectivity index (χ4v) is 1.16. The molecule has 0 aliphatic carbocycles. The summed E-state index contributed by atoms with van der Waals surface area (Å²) in [6.07, 6.45) is 3.23. The van der Waals surface area contributed by atoms with E-state index in [0.29, 0.717) is 18.0 Å². The summed E-state index contributed by atoms with van der Waals surface area (Å²) in [5.74, 6) is 0.404. The first-order valence-electron chi connectivity index (χ1n) is 4.48. The fourth-order valence-electron chi connectivity index (χ4n) is 0.927. The van der Waals surface area contributed by atoms with Crippen molar-refractivity contribution in [2.24, 2.45) is 5.92 Å². The molecule has 4 heteroatoms. The minimum atomic E-state index is -0.0415. The average Bonchev–Trinajstić information content (AvgIpc) is 2.26. The summed E-state index contributed by atoms with van der Waals surface area (Å²) in [6, 6.07) is 3.41. The van der Waals surface area contributed by atoms with Gasteiger partial charge in [0.2, 0.25) is 0 Å². The molecular formula is C10H13BrN2O. The Morgan fingerprint density at radius 2 is 2.21 bits per heavy atom. The smallest absolute Gasteiger partial charge is 0.251 e. The lowest BCUT2D eigenvalue weighted by Gasteiger charge is -2.08. The summed E-state index contributed by atoms with van der Waals surface area (Å²) < 4.78 is 0. The highest BCUT2D eigenvalue weighted by atomic mass is 79.9. The number of aromatic nitrogens is 1. The van der Waals surface area contributed by atoms with Crippen LogP contribution in [0.25, 0.3) is 0 Å². The maximum Gasteiger partial charge on any atom is 0.251 e. The molecule has 1 rings (SSSR count). The standard InChI is InChI=1S/C10H13BrN2O/c1-8(6-11)7-13-10(14)9-2-4-12-5-3-9/h2-5,8H,6-7H2,1H3,(H,13,14). The molecule has 1 aromatic rings. The summed E-state index contributed by atoms with van der Waals surface area (Å²) in [5, 5.41) is 3.75. The van der Waals surface area contributed by atoms with Crippen molar-refractivity contribution in [3.63, 3.8) is 0 Å². The number of amides is 1. The second kappa shape index (κ2) is 5.75. The highest BCUT2D eigenvalue weighted by Gasteiger charge is 2.05. The Morgan fingerprint density at radius 1 is 1.57 bits per heavy atom. The molecule has 0 spiro atoms. The number of halogens is 1. The molecule has 14 heavy (non-hydrogen) atoms. The zero-order valence-corrected chi connectivity index (χ0v) is 9.62. The number of alkyl halides is 1. The molecule has 76 valence electrons. The number of carbonyl (C=O) groups is 1. The van der Waals surface area contributed by atoms with Gasteiger partial charge in [-0.1, -0.05) is 22.9 Å². The van der Waals surface area contributed by atoms with E-state index in [1.807, 2.05) is 0 Å². The van der Waals surface area contributed by atoms with Gasteiger partial charge in [0.05, 0.1) is 0 Å². The van der Waals surface area contributed by atoms with Gasteiger partial charge in [0, 0.05) is 29.8 Å². The minimum absolute atomic E-state index is 0.0415. The summed E-state index contributed by atoms with van der Waals surface area (Å²) >= 11 is 3.36. The Morgan fingerprint density at radius 3 is 2.79 bits per heavy atom. The van der Waals surface area contributed by atoms with Crippen LogP contribution in [0.5, 0.6) is 0 Å². The molecule has 0 saturated carbocycles. The lowest BCUT2D eigenvalue weighted by atomic mass is 10.2. The molecule has 1 N–H and O–H groups in total. The molecular weight excluding hydrogens is 244 g/mol. The van der Waals surface area contributed by atoms with E-state index in [4.69, 9.17) is 0 Å². The van der Waals surface area contributed by atoms with Crippen LogP contribution in [0.3, 0.4) is 0 Å². The van der Waals surface area contributed by atoms with Crippen molar-refractivity contribution in [2.75, 3.05) is 11.9 Å². The quantitative estimate of drug-likeness (QED) is 0.836. The van der Waals surface area contributed by atoms with Crippen molar-refractivity contribution in [1.82, 2.24) is 10.3 Å². The van der Waals surface area contributed by atoms with E-state index in [-0.39, 0.29) is 5.91 Å². The number of nitrogens with zero attached hydrogens (tertiary/aromatic N) is 1. The third-order valence-corrected chi connectivity index (χ3v) is 2.92. The van der Waals surface area contributed by atoms with Crippen LogP contribution in [-0.4, -0.2) is 22.8 Å². The Bertz CT molecular complexity index is 289. The molecule has 1 amide bonds. The Balaban J connectivity index is 2.44. The molecule has 0 bridgehead atoms. The van der Waals surface area contributed by atoms with E-state index in [9.17, 15) is 4.79 Å². The maximum absolute atomic E-state index is 11.5. The van der Waals surface area contributed by atoms with Crippen molar-refractivity contribution in [1.29, 1.82) is 0 Å². The Labute approximate surface area is 92.1 Å². The van der Waals surface area contributed by atoms with Gasteiger partial charge in [-0.25, -0.2) is 0 Å². The predicted molar refractivity (Wildman–Crippen MR) is 59.5 cm³/mol. The van der Waals surface area contributed by atoms with Crippen molar-refractivity contribution < 1.29 is 4.79 Å². The van der Waals surface area contributed by atoms with E-state index in [0.717, 1.165) is 5.33 Å². The maximum atomic E-state index is 11.5. The molecule has 0 aliphatic heterocycles. The van der Waals surface area contributed by atoms with Gasteiger partial charge in [-0.3, -0.25) is 9.78 Å². The van der Waals surface area contributed by atoms with Gasteiger partial charge in [0.25, 0.3) is 5.91 Å². The van der Waals surface area contributed by atoms with Crippen LogP contribution in [0, 0.1) is 5.92 Å². The van der Waals surface area contributed by atoms with Crippen LogP contribution in [0.4, 0.5) is 0 Å². The molecule has 0 saturated heterocycles. The summed E-state index contributed by atoms with van der Waals surface area (Å²) in [4.78, 5) is 15.4. The van der Waals surface area contributed by atoms with Gasteiger partial charge in [0.1, 0.15) is 0 Å². The molecule has 0 radical (unpaired) electrons. The van der Waals surface area contributed by atoms with E-state index in [2.05, 4.69) is 33.2 Å². The zero-order chi connectivity index (χ0) is 10.4. The largest absolute Gasteiger partial charge is 0.352 e. The van der Waals surface area contributed by atoms with Crippen LogP contribution in [0.15, 0.2) is 24.5 Å². The lowest BCUT2D eigenvalue weighted by molar-refractivity contribution is 0.0949. The Hall–Kier alpha value is -0.900. The molecule has 1 unspecified atom stereocenters. The van der Waals surface area contributed by atoms with Crippen molar-refractivity contribution in [3.05, 3.63) is 30.1 Å². The normalized spacial score (nSPS) is 12.1. The molecule has 1 aromatic heterocycles. The highest BCUT2D eigenvalue weighted by molar-refractivity contribution is 9.09. The zero-order valence-electron chi connectivity index (χ0n) is 8.03. The van der Waals surface area contributed by atoms with Gasteiger partial charge in [-0.15, -0.1) is 0 Å². The molecule has 0 fully saturated rings. The van der Waals surface area contributed by atoms with Gasteiger partial charge in [-0.05, 0) is 18.1 Å². The third-order valence-electron chi connectivity index (χ3n) is 1.82. The van der Waals surface area contributed by atoms with Crippen molar-refractivity contribution in [3.8, 4) is 0 Å². The number of hydrogen-bond acceptors (Lipinski definition) is 2. The first-order valence-corrected chi connectivity index (χ1v) is 5.60. The van der Waals surface area contributed by atoms with Crippen LogP contribution < -0.4 is 5.32 Å². The van der Waals surface area contributed by atoms with Gasteiger partial charge in [-0.2, -0.15) is 0 Å². The molecule has 1 heterocycles. The first kappa shape index (κ1) is 11.2. The van der Waals surface area contributed by atoms with Gasteiger partial charge < -0.3 is 5.32 Å². The van der Waals surface area contributed by atoms with Gasteiger partial charge in [0.15, 0.2) is 0 Å². The van der Waals surface area contributed by atoms with Crippen LogP contribution in [0.2, 0.25) is 0 Å². The van der Waals surface area contributed by atoms with E-state index in [1.54, 1.807) is 24.5 Å². The predicted octanol–water partition coefficient (Wildman–Crippen LogP) is 1.84. The number of pyridine rings is 1. The molecule has 0 aliphatic rings. The number of rotatable bonds is 4. The SMILES string of the molecule is CC(CBr)CNC(=O)c1ccncc1. The molecule has 0 aromatic carbocycles. The number of hydrogen-bond donors (Lipinski definition) is 1. The minimum Gasteiger partial charge on any atom is -0.352 e. The number of carbonyl (C=O) groups excluding carboxylic acids is 1.